The predicted molar refractivity (Wildman–Crippen MR) is 107 cm³/mol. The fourth-order valence-electron chi connectivity index (χ4n) is 3.14. The Labute approximate surface area is 162 Å². The molecule has 0 aliphatic carbocycles. The molecule has 0 saturated carbocycles. The second-order valence-electron chi connectivity index (χ2n) is 6.48. The zero-order chi connectivity index (χ0) is 19.3. The highest BCUT2D eigenvalue weighted by Crippen LogP contribution is 2.25. The van der Waals surface area contributed by atoms with Gasteiger partial charge in [0.25, 0.3) is 5.91 Å². The topological polar surface area (TPSA) is 56.7 Å². The summed E-state index contributed by atoms with van der Waals surface area (Å²) in [6.45, 7) is 0.655. The second kappa shape index (κ2) is 7.96. The lowest BCUT2D eigenvalue weighted by Crippen LogP contribution is -2.22. The third-order valence-corrected chi connectivity index (χ3v) is 4.56. The molecule has 0 unspecified atom stereocenters. The molecule has 0 saturated heterocycles. The Balaban J connectivity index is 1.59. The number of amides is 1. The number of aromatic nitrogens is 1. The number of hydrogen-bond donors (Lipinski definition) is 0. The SMILES string of the molecule is COc1ccc2c(CC(=O)N=c3ccccn3Cc3ccccc3)coc2c1. The molecule has 4 aromatic rings. The minimum absolute atomic E-state index is 0.180. The summed E-state index contributed by atoms with van der Waals surface area (Å²) < 4.78 is 12.7. The van der Waals surface area contributed by atoms with Crippen LogP contribution in [0.5, 0.6) is 5.75 Å². The van der Waals surface area contributed by atoms with Crippen molar-refractivity contribution in [1.82, 2.24) is 4.57 Å². The number of carbonyl (C=O) groups is 1. The molecule has 2 aromatic heterocycles. The zero-order valence-electron chi connectivity index (χ0n) is 15.5. The van der Waals surface area contributed by atoms with Crippen LogP contribution in [-0.4, -0.2) is 17.6 Å². The summed E-state index contributed by atoms with van der Waals surface area (Å²) in [5, 5.41) is 0.898. The Bertz CT molecular complexity index is 1170. The number of rotatable bonds is 5. The van der Waals surface area contributed by atoms with Crippen molar-refractivity contribution >= 4 is 16.9 Å². The molecule has 0 atom stereocenters. The van der Waals surface area contributed by atoms with Crippen LogP contribution in [0, 0.1) is 0 Å². The van der Waals surface area contributed by atoms with E-state index in [0.717, 1.165) is 22.3 Å². The molecule has 0 aliphatic heterocycles. The van der Waals surface area contributed by atoms with Gasteiger partial charge in [-0.15, -0.1) is 0 Å². The molecule has 2 aromatic carbocycles. The van der Waals surface area contributed by atoms with Gasteiger partial charge in [-0.2, -0.15) is 4.99 Å². The highest BCUT2D eigenvalue weighted by molar-refractivity contribution is 5.88. The summed E-state index contributed by atoms with van der Waals surface area (Å²) in [7, 11) is 1.61. The first kappa shape index (κ1) is 17.8. The molecule has 28 heavy (non-hydrogen) atoms. The van der Waals surface area contributed by atoms with Crippen molar-refractivity contribution in [2.24, 2.45) is 4.99 Å². The molecule has 0 spiro atoms. The third kappa shape index (κ3) is 3.88. The van der Waals surface area contributed by atoms with Gasteiger partial charge in [0.05, 0.1) is 19.8 Å². The van der Waals surface area contributed by atoms with Crippen LogP contribution in [0.3, 0.4) is 0 Å². The van der Waals surface area contributed by atoms with Crippen molar-refractivity contribution in [3.8, 4) is 5.75 Å². The van der Waals surface area contributed by atoms with Crippen LogP contribution in [0.4, 0.5) is 0 Å². The molecular weight excluding hydrogens is 352 g/mol. The smallest absolute Gasteiger partial charge is 0.252 e. The van der Waals surface area contributed by atoms with Crippen LogP contribution in [0.25, 0.3) is 11.0 Å². The monoisotopic (exact) mass is 372 g/mol. The van der Waals surface area contributed by atoms with Gasteiger partial charge in [-0.05, 0) is 29.8 Å². The van der Waals surface area contributed by atoms with Crippen molar-refractivity contribution in [2.45, 2.75) is 13.0 Å². The van der Waals surface area contributed by atoms with Crippen molar-refractivity contribution in [1.29, 1.82) is 0 Å². The summed E-state index contributed by atoms with van der Waals surface area (Å²) in [5.41, 5.74) is 3.29. The largest absolute Gasteiger partial charge is 0.497 e. The molecule has 0 N–H and O–H groups in total. The van der Waals surface area contributed by atoms with E-state index in [-0.39, 0.29) is 12.3 Å². The number of hydrogen-bond acceptors (Lipinski definition) is 3. The highest BCUT2D eigenvalue weighted by Gasteiger charge is 2.11. The van der Waals surface area contributed by atoms with Gasteiger partial charge in [0, 0.05) is 29.8 Å². The maximum Gasteiger partial charge on any atom is 0.252 e. The first-order valence-corrected chi connectivity index (χ1v) is 9.04. The zero-order valence-corrected chi connectivity index (χ0v) is 15.5. The van der Waals surface area contributed by atoms with E-state index in [1.165, 1.54) is 0 Å². The van der Waals surface area contributed by atoms with E-state index in [4.69, 9.17) is 9.15 Å². The van der Waals surface area contributed by atoms with Crippen LogP contribution in [0.1, 0.15) is 11.1 Å². The summed E-state index contributed by atoms with van der Waals surface area (Å²) in [5.74, 6) is 0.502. The quantitative estimate of drug-likeness (QED) is 0.533. The number of benzene rings is 2. The number of ether oxygens (including phenoxy) is 1. The van der Waals surface area contributed by atoms with Crippen LogP contribution in [-0.2, 0) is 17.8 Å². The lowest BCUT2D eigenvalue weighted by molar-refractivity contribution is -0.117. The number of pyridine rings is 1. The average Bonchev–Trinajstić information content (AvgIpc) is 3.12. The first-order valence-electron chi connectivity index (χ1n) is 9.04. The Morgan fingerprint density at radius 2 is 1.89 bits per heavy atom. The first-order chi connectivity index (χ1) is 13.7. The molecule has 5 heteroatoms. The summed E-state index contributed by atoms with van der Waals surface area (Å²) >= 11 is 0. The van der Waals surface area contributed by atoms with E-state index in [1.54, 1.807) is 13.4 Å². The van der Waals surface area contributed by atoms with E-state index >= 15 is 0 Å². The maximum atomic E-state index is 12.6. The Morgan fingerprint density at radius 3 is 2.71 bits per heavy atom. The molecule has 0 radical (unpaired) electrons. The Hall–Kier alpha value is -3.60. The standard InChI is InChI=1S/C23H20N2O3/c1-27-19-10-11-20-18(16-28-21(20)14-19)13-23(26)24-22-9-5-6-12-25(22)15-17-7-3-2-4-8-17/h2-12,14,16H,13,15H2,1H3. The molecule has 0 bridgehead atoms. The molecule has 5 nitrogen and oxygen atoms in total. The van der Waals surface area contributed by atoms with Gasteiger partial charge in [0.2, 0.25) is 0 Å². The fourth-order valence-corrected chi connectivity index (χ4v) is 3.14. The van der Waals surface area contributed by atoms with E-state index < -0.39 is 0 Å². The normalized spacial score (nSPS) is 11.7. The number of furan rings is 1. The lowest BCUT2D eigenvalue weighted by atomic mass is 10.1. The van der Waals surface area contributed by atoms with Gasteiger partial charge in [-0.1, -0.05) is 36.4 Å². The van der Waals surface area contributed by atoms with Gasteiger partial charge in [-0.3, -0.25) is 4.79 Å². The van der Waals surface area contributed by atoms with Gasteiger partial charge in [0.15, 0.2) is 0 Å². The number of nitrogens with zero attached hydrogens (tertiary/aromatic N) is 2. The van der Waals surface area contributed by atoms with Crippen molar-refractivity contribution in [3.63, 3.8) is 0 Å². The van der Waals surface area contributed by atoms with Gasteiger partial charge < -0.3 is 13.7 Å². The second-order valence-corrected chi connectivity index (χ2v) is 6.48. The number of methoxy groups -OCH3 is 1. The number of fused-ring (bicyclic) bond motifs is 1. The maximum absolute atomic E-state index is 12.6. The van der Waals surface area contributed by atoms with Crippen molar-refractivity contribution in [2.75, 3.05) is 7.11 Å². The van der Waals surface area contributed by atoms with Crippen molar-refractivity contribution < 1.29 is 13.9 Å². The van der Waals surface area contributed by atoms with E-state index in [0.29, 0.717) is 17.6 Å². The van der Waals surface area contributed by atoms with E-state index in [9.17, 15) is 4.79 Å². The Kier molecular flexibility index (Phi) is 5.06. The predicted octanol–water partition coefficient (Wildman–Crippen LogP) is 3.96. The average molecular weight is 372 g/mol. The molecule has 140 valence electrons. The van der Waals surface area contributed by atoms with Crippen LogP contribution in [0.2, 0.25) is 0 Å². The van der Waals surface area contributed by atoms with Crippen LogP contribution >= 0.6 is 0 Å². The van der Waals surface area contributed by atoms with Crippen molar-refractivity contribution in [3.05, 3.63) is 95.8 Å². The third-order valence-electron chi connectivity index (χ3n) is 4.56. The van der Waals surface area contributed by atoms with Crippen LogP contribution in [0.15, 0.2) is 88.6 Å². The molecule has 1 amide bonds. The van der Waals surface area contributed by atoms with Gasteiger partial charge in [0.1, 0.15) is 16.8 Å². The molecule has 4 rings (SSSR count). The molecule has 0 aliphatic rings. The molecule has 2 heterocycles. The van der Waals surface area contributed by atoms with E-state index in [2.05, 4.69) is 17.1 Å². The minimum atomic E-state index is -0.216. The fraction of sp³-hybridized carbons (Fsp3) is 0.130. The van der Waals surface area contributed by atoms with Gasteiger partial charge >= 0.3 is 0 Å². The summed E-state index contributed by atoms with van der Waals surface area (Å²) in [6, 6.07) is 21.3. The van der Waals surface area contributed by atoms with Gasteiger partial charge in [-0.25, -0.2) is 0 Å². The van der Waals surface area contributed by atoms with Crippen LogP contribution < -0.4 is 10.2 Å². The Morgan fingerprint density at radius 1 is 1.07 bits per heavy atom. The summed E-state index contributed by atoms with van der Waals surface area (Å²) in [4.78, 5) is 16.9. The minimum Gasteiger partial charge on any atom is -0.497 e. The lowest BCUT2D eigenvalue weighted by Gasteiger charge is -2.07. The molecule has 0 fully saturated rings. The molecular formula is C23H20N2O3. The summed E-state index contributed by atoms with van der Waals surface area (Å²) in [6.07, 6.45) is 3.72. The van der Waals surface area contributed by atoms with E-state index in [1.807, 2.05) is 65.4 Å². The highest BCUT2D eigenvalue weighted by atomic mass is 16.5. The number of carbonyl (C=O) groups excluding carboxylic acids is 1.